The number of amides is 2. The number of ether oxygens (including phenoxy) is 1. The van der Waals surface area contributed by atoms with Crippen molar-refractivity contribution >= 4 is 12.0 Å². The summed E-state index contributed by atoms with van der Waals surface area (Å²) in [6, 6.07) is 9.38. The number of rotatable bonds is 5. The molecule has 2 saturated carbocycles. The molecule has 0 unspecified atom stereocenters. The highest BCUT2D eigenvalue weighted by atomic mass is 16.5. The third kappa shape index (κ3) is 4.50. The van der Waals surface area contributed by atoms with Crippen LogP contribution in [0.2, 0.25) is 0 Å². The first-order valence-electron chi connectivity index (χ1n) is 10.5. The SMILES string of the molecule is CCOC(=O)NC1CC(C(=O)N(C)C2CC(c3ccc(C(C)(C)C)cc3)C2)C1. The number of nitrogens with zero attached hydrogens (tertiary/aromatic N) is 1. The fraction of sp³-hybridized carbons (Fsp3) is 0.652. The van der Waals surface area contributed by atoms with Gasteiger partial charge < -0.3 is 15.0 Å². The first-order chi connectivity index (χ1) is 13.2. The highest BCUT2D eigenvalue weighted by Gasteiger charge is 2.41. The highest BCUT2D eigenvalue weighted by molar-refractivity contribution is 5.80. The lowest BCUT2D eigenvalue weighted by atomic mass is 9.73. The van der Waals surface area contributed by atoms with Gasteiger partial charge in [-0.15, -0.1) is 0 Å². The van der Waals surface area contributed by atoms with Crippen LogP contribution in [0.25, 0.3) is 0 Å². The van der Waals surface area contributed by atoms with E-state index >= 15 is 0 Å². The lowest BCUT2D eigenvalue weighted by Crippen LogP contribution is -2.53. The van der Waals surface area contributed by atoms with Gasteiger partial charge in [0.15, 0.2) is 0 Å². The van der Waals surface area contributed by atoms with Crippen LogP contribution in [-0.2, 0) is 14.9 Å². The van der Waals surface area contributed by atoms with Gasteiger partial charge in [-0.1, -0.05) is 45.0 Å². The van der Waals surface area contributed by atoms with Crippen molar-refractivity contribution in [1.29, 1.82) is 0 Å². The normalized spacial score (nSPS) is 26.6. The molecule has 1 aromatic carbocycles. The second-order valence-corrected chi connectivity index (χ2v) is 9.37. The van der Waals surface area contributed by atoms with Gasteiger partial charge in [-0.3, -0.25) is 4.79 Å². The molecule has 28 heavy (non-hydrogen) atoms. The van der Waals surface area contributed by atoms with Crippen LogP contribution in [0.4, 0.5) is 4.79 Å². The molecular weight excluding hydrogens is 352 g/mol. The van der Waals surface area contributed by atoms with Gasteiger partial charge in [0.2, 0.25) is 5.91 Å². The fourth-order valence-electron chi connectivity index (χ4n) is 4.18. The smallest absolute Gasteiger partial charge is 0.407 e. The minimum atomic E-state index is -0.383. The monoisotopic (exact) mass is 386 g/mol. The summed E-state index contributed by atoms with van der Waals surface area (Å²) in [5, 5.41) is 2.81. The molecule has 3 rings (SSSR count). The Kier molecular flexibility index (Phi) is 6.01. The maximum absolute atomic E-state index is 12.7. The van der Waals surface area contributed by atoms with Crippen molar-refractivity contribution in [2.45, 2.75) is 76.8 Å². The van der Waals surface area contributed by atoms with Gasteiger partial charge in [0.25, 0.3) is 0 Å². The molecule has 5 nitrogen and oxygen atoms in total. The Labute approximate surface area is 168 Å². The van der Waals surface area contributed by atoms with Gasteiger partial charge in [-0.05, 0) is 55.1 Å². The van der Waals surface area contributed by atoms with E-state index in [0.29, 0.717) is 31.4 Å². The number of hydrogen-bond acceptors (Lipinski definition) is 3. The average Bonchev–Trinajstić information content (AvgIpc) is 2.55. The van der Waals surface area contributed by atoms with E-state index < -0.39 is 0 Å². The van der Waals surface area contributed by atoms with Crippen molar-refractivity contribution in [1.82, 2.24) is 10.2 Å². The number of carbonyl (C=O) groups excluding carboxylic acids is 2. The molecule has 0 aliphatic heterocycles. The average molecular weight is 387 g/mol. The predicted molar refractivity (Wildman–Crippen MR) is 110 cm³/mol. The molecule has 0 radical (unpaired) electrons. The molecule has 1 aromatic rings. The van der Waals surface area contributed by atoms with Crippen LogP contribution in [0.3, 0.4) is 0 Å². The van der Waals surface area contributed by atoms with E-state index in [-0.39, 0.29) is 29.4 Å². The molecule has 154 valence electrons. The zero-order valence-electron chi connectivity index (χ0n) is 17.8. The van der Waals surface area contributed by atoms with E-state index in [1.54, 1.807) is 6.92 Å². The Hall–Kier alpha value is -2.04. The Morgan fingerprint density at radius 3 is 2.25 bits per heavy atom. The van der Waals surface area contributed by atoms with Gasteiger partial charge >= 0.3 is 6.09 Å². The minimum Gasteiger partial charge on any atom is -0.450 e. The summed E-state index contributed by atoms with van der Waals surface area (Å²) in [7, 11) is 1.93. The molecule has 0 atom stereocenters. The largest absolute Gasteiger partial charge is 0.450 e. The van der Waals surface area contributed by atoms with Gasteiger partial charge in [0.05, 0.1) is 6.61 Å². The van der Waals surface area contributed by atoms with Crippen LogP contribution in [-0.4, -0.2) is 42.6 Å². The first kappa shape index (κ1) is 20.7. The van der Waals surface area contributed by atoms with Crippen LogP contribution in [0.5, 0.6) is 0 Å². The summed E-state index contributed by atoms with van der Waals surface area (Å²) >= 11 is 0. The summed E-state index contributed by atoms with van der Waals surface area (Å²) in [6.07, 6.45) is 3.12. The molecule has 0 bridgehead atoms. The summed E-state index contributed by atoms with van der Waals surface area (Å²) in [6.45, 7) is 8.84. The van der Waals surface area contributed by atoms with E-state index in [0.717, 1.165) is 12.8 Å². The minimum absolute atomic E-state index is 0.0297. The Morgan fingerprint density at radius 1 is 1.11 bits per heavy atom. The van der Waals surface area contributed by atoms with Crippen LogP contribution in [0.1, 0.15) is 70.4 Å². The molecule has 2 fully saturated rings. The van der Waals surface area contributed by atoms with Crippen molar-refractivity contribution in [2.24, 2.45) is 5.92 Å². The Balaban J connectivity index is 1.43. The number of hydrogen-bond donors (Lipinski definition) is 1. The standard InChI is InChI=1S/C23H34N2O3/c1-6-28-22(27)24-19-11-17(12-19)21(26)25(5)20-13-16(14-20)15-7-9-18(10-8-15)23(2,3)4/h7-10,16-17,19-20H,6,11-14H2,1-5H3,(H,24,27). The summed E-state index contributed by atoms with van der Waals surface area (Å²) in [5.74, 6) is 0.796. The topological polar surface area (TPSA) is 58.6 Å². The lowest BCUT2D eigenvalue weighted by Gasteiger charge is -2.45. The molecular formula is C23H34N2O3. The molecule has 0 aromatic heterocycles. The number of nitrogens with one attached hydrogen (secondary N) is 1. The Morgan fingerprint density at radius 2 is 1.71 bits per heavy atom. The quantitative estimate of drug-likeness (QED) is 0.824. The molecule has 2 amide bonds. The van der Waals surface area contributed by atoms with Crippen molar-refractivity contribution in [3.8, 4) is 0 Å². The van der Waals surface area contributed by atoms with E-state index in [9.17, 15) is 9.59 Å². The molecule has 5 heteroatoms. The molecule has 0 heterocycles. The van der Waals surface area contributed by atoms with Gasteiger partial charge in [0, 0.05) is 25.0 Å². The maximum atomic E-state index is 12.7. The van der Waals surface area contributed by atoms with Crippen LogP contribution in [0.15, 0.2) is 24.3 Å². The van der Waals surface area contributed by atoms with Gasteiger partial charge in [-0.25, -0.2) is 4.79 Å². The fourth-order valence-corrected chi connectivity index (χ4v) is 4.18. The van der Waals surface area contributed by atoms with Gasteiger partial charge in [0.1, 0.15) is 0 Å². The Bertz CT molecular complexity index is 696. The second-order valence-electron chi connectivity index (χ2n) is 9.37. The van der Waals surface area contributed by atoms with E-state index in [4.69, 9.17) is 4.74 Å². The molecule has 2 aliphatic rings. The van der Waals surface area contributed by atoms with Crippen molar-refractivity contribution in [2.75, 3.05) is 13.7 Å². The summed E-state index contributed by atoms with van der Waals surface area (Å²) in [4.78, 5) is 26.1. The van der Waals surface area contributed by atoms with E-state index in [2.05, 4.69) is 50.4 Å². The lowest BCUT2D eigenvalue weighted by molar-refractivity contribution is -0.141. The molecule has 0 saturated heterocycles. The summed E-state index contributed by atoms with van der Waals surface area (Å²) in [5.41, 5.74) is 2.92. The van der Waals surface area contributed by atoms with Crippen molar-refractivity contribution in [3.05, 3.63) is 35.4 Å². The molecule has 2 aliphatic carbocycles. The van der Waals surface area contributed by atoms with Crippen LogP contribution in [0, 0.1) is 5.92 Å². The molecule has 1 N–H and O–H groups in total. The van der Waals surface area contributed by atoms with Crippen LogP contribution >= 0.6 is 0 Å². The first-order valence-corrected chi connectivity index (χ1v) is 10.5. The van der Waals surface area contributed by atoms with E-state index in [1.165, 1.54) is 11.1 Å². The van der Waals surface area contributed by atoms with Crippen LogP contribution < -0.4 is 5.32 Å². The highest BCUT2D eigenvalue weighted by Crippen LogP contribution is 2.41. The molecule has 0 spiro atoms. The maximum Gasteiger partial charge on any atom is 0.407 e. The zero-order chi connectivity index (χ0) is 20.5. The van der Waals surface area contributed by atoms with Gasteiger partial charge in [-0.2, -0.15) is 0 Å². The van der Waals surface area contributed by atoms with E-state index in [1.807, 2.05) is 11.9 Å². The number of benzene rings is 1. The third-order valence-electron chi connectivity index (χ3n) is 6.34. The number of carbonyl (C=O) groups is 2. The van der Waals surface area contributed by atoms with Crippen molar-refractivity contribution < 1.29 is 14.3 Å². The van der Waals surface area contributed by atoms with Crippen molar-refractivity contribution in [3.63, 3.8) is 0 Å². The third-order valence-corrected chi connectivity index (χ3v) is 6.34. The second kappa shape index (κ2) is 8.14. The summed E-state index contributed by atoms with van der Waals surface area (Å²) < 4.78 is 4.89. The number of alkyl carbamates (subject to hydrolysis) is 1. The zero-order valence-corrected chi connectivity index (χ0v) is 17.8. The predicted octanol–water partition coefficient (Wildman–Crippen LogP) is 4.21.